The molecule has 0 bridgehead atoms. The highest BCUT2D eigenvalue weighted by Gasteiger charge is 2.14. The highest BCUT2D eigenvalue weighted by Crippen LogP contribution is 2.23. The number of sulfone groups is 1. The van der Waals surface area contributed by atoms with Gasteiger partial charge in [-0.15, -0.1) is 0 Å². The van der Waals surface area contributed by atoms with E-state index in [2.05, 4.69) is 25.8 Å². The maximum atomic E-state index is 12.8. The molecular formula is C20H17N5O3S. The van der Waals surface area contributed by atoms with Crippen LogP contribution in [0.5, 0.6) is 0 Å². The Balaban J connectivity index is 1.56. The number of H-pyrrole nitrogens is 1. The average molecular weight is 407 g/mol. The Labute approximate surface area is 166 Å². The van der Waals surface area contributed by atoms with Gasteiger partial charge in [0.25, 0.3) is 5.91 Å². The van der Waals surface area contributed by atoms with Crippen molar-refractivity contribution in [1.82, 2.24) is 15.2 Å². The molecule has 0 aliphatic heterocycles. The zero-order chi connectivity index (χ0) is 20.4. The Morgan fingerprint density at radius 2 is 1.79 bits per heavy atom. The van der Waals surface area contributed by atoms with Gasteiger partial charge in [0.15, 0.2) is 9.84 Å². The first-order chi connectivity index (χ1) is 13.9. The van der Waals surface area contributed by atoms with E-state index in [1.807, 2.05) is 18.2 Å². The van der Waals surface area contributed by atoms with Crippen molar-refractivity contribution < 1.29 is 13.2 Å². The van der Waals surface area contributed by atoms with Crippen LogP contribution in [-0.2, 0) is 9.84 Å². The van der Waals surface area contributed by atoms with Crippen molar-refractivity contribution in [2.75, 3.05) is 16.9 Å². The third-order valence-electron chi connectivity index (χ3n) is 4.30. The fourth-order valence-corrected chi connectivity index (χ4v) is 3.45. The number of carbonyl (C=O) groups is 1. The second-order valence-electron chi connectivity index (χ2n) is 6.45. The number of hydrogen-bond acceptors (Lipinski definition) is 6. The monoisotopic (exact) mass is 407 g/mol. The van der Waals surface area contributed by atoms with E-state index in [1.54, 1.807) is 36.7 Å². The third kappa shape index (κ3) is 4.09. The van der Waals surface area contributed by atoms with E-state index >= 15 is 0 Å². The lowest BCUT2D eigenvalue weighted by molar-refractivity contribution is 0.102. The molecule has 4 aromatic rings. The lowest BCUT2D eigenvalue weighted by atomic mass is 10.2. The van der Waals surface area contributed by atoms with Gasteiger partial charge in [-0.2, -0.15) is 5.10 Å². The standard InChI is InChI=1S/C20H17N5O3S/c1-29(27,28)16-8-6-14(7-9-16)24-20(26)17-3-2-10-21-19(17)23-15-5-4-13-12-22-25-18(13)11-15/h2-12H,1H3,(H,21,23)(H,22,25)(H,24,26). The van der Waals surface area contributed by atoms with Gasteiger partial charge in [-0.1, -0.05) is 0 Å². The summed E-state index contributed by atoms with van der Waals surface area (Å²) in [6, 6.07) is 15.0. The second-order valence-corrected chi connectivity index (χ2v) is 8.46. The predicted octanol–water partition coefficient (Wildman–Crippen LogP) is 3.36. The normalized spacial score (nSPS) is 11.3. The number of aromatic amines is 1. The van der Waals surface area contributed by atoms with Crippen molar-refractivity contribution in [1.29, 1.82) is 0 Å². The summed E-state index contributed by atoms with van der Waals surface area (Å²) in [7, 11) is -3.29. The summed E-state index contributed by atoms with van der Waals surface area (Å²) in [4.78, 5) is 17.2. The number of benzene rings is 2. The largest absolute Gasteiger partial charge is 0.340 e. The predicted molar refractivity (Wildman–Crippen MR) is 111 cm³/mol. The van der Waals surface area contributed by atoms with Gasteiger partial charge in [-0.25, -0.2) is 13.4 Å². The van der Waals surface area contributed by atoms with Crippen molar-refractivity contribution in [3.8, 4) is 0 Å². The highest BCUT2D eigenvalue weighted by molar-refractivity contribution is 7.90. The van der Waals surface area contributed by atoms with Gasteiger partial charge in [0.05, 0.1) is 22.2 Å². The SMILES string of the molecule is CS(=O)(=O)c1ccc(NC(=O)c2cccnc2Nc2ccc3cn[nH]c3c2)cc1. The number of aromatic nitrogens is 3. The Hall–Kier alpha value is -3.72. The summed E-state index contributed by atoms with van der Waals surface area (Å²) in [6.45, 7) is 0. The maximum absolute atomic E-state index is 12.8. The zero-order valence-electron chi connectivity index (χ0n) is 15.4. The van der Waals surface area contributed by atoms with Gasteiger partial charge in [0.1, 0.15) is 5.82 Å². The van der Waals surface area contributed by atoms with Crippen molar-refractivity contribution >= 4 is 43.8 Å². The molecule has 0 radical (unpaired) electrons. The van der Waals surface area contributed by atoms with E-state index in [0.29, 0.717) is 17.1 Å². The lowest BCUT2D eigenvalue weighted by Crippen LogP contribution is -2.14. The Bertz CT molecular complexity index is 1300. The molecule has 4 rings (SSSR count). The lowest BCUT2D eigenvalue weighted by Gasteiger charge is -2.11. The van der Waals surface area contributed by atoms with Gasteiger partial charge in [0, 0.05) is 29.2 Å². The molecule has 8 nitrogen and oxygen atoms in total. The fraction of sp³-hybridized carbons (Fsp3) is 0.0500. The molecular weight excluding hydrogens is 390 g/mol. The number of fused-ring (bicyclic) bond motifs is 1. The average Bonchev–Trinajstić information content (AvgIpc) is 3.16. The molecule has 146 valence electrons. The molecule has 0 spiro atoms. The molecule has 2 heterocycles. The Kier molecular flexibility index (Phi) is 4.73. The second kappa shape index (κ2) is 7.36. The molecule has 9 heteroatoms. The molecule has 0 fully saturated rings. The minimum Gasteiger partial charge on any atom is -0.340 e. The highest BCUT2D eigenvalue weighted by atomic mass is 32.2. The van der Waals surface area contributed by atoms with Crippen LogP contribution in [0, 0.1) is 0 Å². The number of amides is 1. The van der Waals surface area contributed by atoms with E-state index in [-0.39, 0.29) is 10.8 Å². The van der Waals surface area contributed by atoms with Gasteiger partial charge in [-0.3, -0.25) is 9.89 Å². The third-order valence-corrected chi connectivity index (χ3v) is 5.43. The minimum atomic E-state index is -3.29. The molecule has 0 saturated carbocycles. The van der Waals surface area contributed by atoms with Crippen LogP contribution in [0.3, 0.4) is 0 Å². The van der Waals surface area contributed by atoms with Crippen LogP contribution in [0.15, 0.2) is 71.9 Å². The van der Waals surface area contributed by atoms with Crippen LogP contribution in [0.4, 0.5) is 17.2 Å². The van der Waals surface area contributed by atoms with Gasteiger partial charge < -0.3 is 10.6 Å². The van der Waals surface area contributed by atoms with E-state index in [1.165, 1.54) is 12.1 Å². The molecule has 0 unspecified atom stereocenters. The van der Waals surface area contributed by atoms with Crippen LogP contribution in [0.25, 0.3) is 10.9 Å². The minimum absolute atomic E-state index is 0.188. The summed E-state index contributed by atoms with van der Waals surface area (Å²) in [6.07, 6.45) is 4.46. The summed E-state index contributed by atoms with van der Waals surface area (Å²) >= 11 is 0. The summed E-state index contributed by atoms with van der Waals surface area (Å²) in [5.41, 5.74) is 2.45. The molecule has 29 heavy (non-hydrogen) atoms. The van der Waals surface area contributed by atoms with Crippen LogP contribution in [0.2, 0.25) is 0 Å². The summed E-state index contributed by atoms with van der Waals surface area (Å²) in [5.74, 6) is 0.0342. The van der Waals surface area contributed by atoms with Crippen LogP contribution < -0.4 is 10.6 Å². The van der Waals surface area contributed by atoms with Gasteiger partial charge in [-0.05, 0) is 54.6 Å². The first kappa shape index (κ1) is 18.6. The Morgan fingerprint density at radius 1 is 1.03 bits per heavy atom. The molecule has 0 aliphatic carbocycles. The maximum Gasteiger partial charge on any atom is 0.259 e. The van der Waals surface area contributed by atoms with E-state index in [4.69, 9.17) is 0 Å². The summed E-state index contributed by atoms with van der Waals surface area (Å²) < 4.78 is 23.1. The number of anilines is 3. The summed E-state index contributed by atoms with van der Waals surface area (Å²) in [5, 5.41) is 13.8. The number of nitrogens with zero attached hydrogens (tertiary/aromatic N) is 2. The topological polar surface area (TPSA) is 117 Å². The van der Waals surface area contributed by atoms with Crippen LogP contribution >= 0.6 is 0 Å². The van der Waals surface area contributed by atoms with Gasteiger partial charge in [0.2, 0.25) is 0 Å². The fourth-order valence-electron chi connectivity index (χ4n) is 2.82. The van der Waals surface area contributed by atoms with Crippen molar-refractivity contribution in [2.45, 2.75) is 4.90 Å². The molecule has 0 atom stereocenters. The number of rotatable bonds is 5. The zero-order valence-corrected chi connectivity index (χ0v) is 16.2. The van der Waals surface area contributed by atoms with Crippen molar-refractivity contribution in [3.63, 3.8) is 0 Å². The number of pyridine rings is 1. The smallest absolute Gasteiger partial charge is 0.259 e. The van der Waals surface area contributed by atoms with Crippen LogP contribution in [0.1, 0.15) is 10.4 Å². The van der Waals surface area contributed by atoms with E-state index in [0.717, 1.165) is 22.8 Å². The molecule has 0 saturated heterocycles. The first-order valence-electron chi connectivity index (χ1n) is 8.67. The molecule has 3 N–H and O–H groups in total. The van der Waals surface area contributed by atoms with Crippen LogP contribution in [-0.4, -0.2) is 35.8 Å². The first-order valence-corrected chi connectivity index (χ1v) is 10.6. The number of hydrogen-bond donors (Lipinski definition) is 3. The Morgan fingerprint density at radius 3 is 2.55 bits per heavy atom. The quantitative estimate of drug-likeness (QED) is 0.467. The van der Waals surface area contributed by atoms with E-state index in [9.17, 15) is 13.2 Å². The molecule has 1 amide bonds. The number of carbonyl (C=O) groups excluding carboxylic acids is 1. The molecule has 0 aliphatic rings. The van der Waals surface area contributed by atoms with Crippen molar-refractivity contribution in [2.24, 2.45) is 0 Å². The van der Waals surface area contributed by atoms with E-state index < -0.39 is 9.84 Å². The molecule has 2 aromatic heterocycles. The van der Waals surface area contributed by atoms with Gasteiger partial charge >= 0.3 is 0 Å². The number of nitrogens with one attached hydrogen (secondary N) is 3. The van der Waals surface area contributed by atoms with Crippen molar-refractivity contribution in [3.05, 3.63) is 72.6 Å². The molecule has 2 aromatic carbocycles.